The molecule has 0 bridgehead atoms. The number of aromatic hydroxyl groups is 1. The third-order valence-corrected chi connectivity index (χ3v) is 11.1. The van der Waals surface area contributed by atoms with Gasteiger partial charge in [-0.15, -0.1) is 0 Å². The fourth-order valence-electron chi connectivity index (χ4n) is 8.12. The number of hydrogen-bond donors (Lipinski definition) is 1. The largest absolute Gasteiger partial charge is 0.508 e. The molecule has 0 spiro atoms. The number of piperidine rings is 1. The number of likely N-dealkylation sites (tertiary alicyclic amines) is 1. The monoisotopic (exact) mass is 766 g/mol. The van der Waals surface area contributed by atoms with Crippen molar-refractivity contribution in [1.29, 1.82) is 0 Å². The SMILES string of the molecule is CC/C(=C(/c1ccc(OCCN(C)C)cc1)c1cccc(O)c1)c1ccccc1.COc1cc2c(cc1OC)C(=O)C(CC1CCN(Cc3ccccc3)CC1)C2. The molecular weight excluding hydrogens is 709 g/mol. The molecule has 1 heterocycles. The van der Waals surface area contributed by atoms with Crippen LogP contribution in [0.5, 0.6) is 23.0 Å². The quantitative estimate of drug-likeness (QED) is 0.113. The van der Waals surface area contributed by atoms with Gasteiger partial charge in [0.1, 0.15) is 18.1 Å². The molecule has 0 saturated carbocycles. The van der Waals surface area contributed by atoms with Crippen LogP contribution >= 0.6 is 0 Å². The summed E-state index contributed by atoms with van der Waals surface area (Å²) in [5.41, 5.74) is 9.00. The minimum Gasteiger partial charge on any atom is -0.508 e. The van der Waals surface area contributed by atoms with E-state index in [4.69, 9.17) is 14.2 Å². The fraction of sp³-hybridized carbons (Fsp3) is 0.340. The second-order valence-electron chi connectivity index (χ2n) is 15.4. The van der Waals surface area contributed by atoms with E-state index in [0.717, 1.165) is 79.0 Å². The Bertz CT molecular complexity index is 2070. The standard InChI is InChI=1S/C26H29NO2.C24H29NO3/c1-4-25(20-9-6-5-7-10-20)26(22-11-8-12-23(28)19-22)21-13-15-24(16-14-21)29-18-17-27(2)3;1-27-22-14-19-13-20(24(26)21(19)15-23(22)28-2)12-17-8-10-25(11-9-17)16-18-6-4-3-5-7-18/h5-16,19,28H,4,17-18H2,1-3H3;3-7,14-15,17,20H,8-13,16H2,1-2H3/b26-25+;. The zero-order chi connectivity index (χ0) is 40.1. The summed E-state index contributed by atoms with van der Waals surface area (Å²) in [6.07, 6.45) is 5.07. The van der Waals surface area contributed by atoms with Crippen LogP contribution in [-0.2, 0) is 13.0 Å². The normalized spacial score (nSPS) is 16.0. The smallest absolute Gasteiger partial charge is 0.166 e. The molecule has 1 atom stereocenters. The number of benzene rings is 5. The van der Waals surface area contributed by atoms with Crippen LogP contribution in [0.1, 0.15) is 70.8 Å². The third kappa shape index (κ3) is 10.9. The second-order valence-corrected chi connectivity index (χ2v) is 15.4. The average molecular weight is 767 g/mol. The Hall–Kier alpha value is -5.37. The van der Waals surface area contributed by atoms with Crippen molar-refractivity contribution < 1.29 is 24.1 Å². The minimum absolute atomic E-state index is 0.109. The summed E-state index contributed by atoms with van der Waals surface area (Å²) in [6.45, 7) is 6.98. The number of carbonyl (C=O) groups is 1. The highest BCUT2D eigenvalue weighted by Crippen LogP contribution is 2.40. The molecule has 1 unspecified atom stereocenters. The number of allylic oxidation sites excluding steroid dienone is 1. The van der Waals surface area contributed by atoms with Crippen LogP contribution in [0.2, 0.25) is 0 Å². The highest BCUT2D eigenvalue weighted by Gasteiger charge is 2.34. The molecule has 0 amide bonds. The van der Waals surface area contributed by atoms with Crippen LogP contribution < -0.4 is 14.2 Å². The molecule has 7 nitrogen and oxygen atoms in total. The van der Waals surface area contributed by atoms with Gasteiger partial charge in [0.05, 0.1) is 14.2 Å². The summed E-state index contributed by atoms with van der Waals surface area (Å²) in [7, 11) is 7.33. The molecule has 7 rings (SSSR count). The Morgan fingerprint density at radius 2 is 1.42 bits per heavy atom. The molecule has 57 heavy (non-hydrogen) atoms. The lowest BCUT2D eigenvalue weighted by molar-refractivity contribution is 0.0895. The maximum Gasteiger partial charge on any atom is 0.166 e. The summed E-state index contributed by atoms with van der Waals surface area (Å²) in [5.74, 6) is 3.52. The van der Waals surface area contributed by atoms with Crippen LogP contribution in [0.3, 0.4) is 0 Å². The van der Waals surface area contributed by atoms with Crippen LogP contribution in [0.4, 0.5) is 0 Å². The molecule has 1 N–H and O–H groups in total. The van der Waals surface area contributed by atoms with Gasteiger partial charge in [-0.3, -0.25) is 9.69 Å². The predicted molar refractivity (Wildman–Crippen MR) is 231 cm³/mol. The topological polar surface area (TPSA) is 71.5 Å². The molecule has 1 saturated heterocycles. The second kappa shape index (κ2) is 20.2. The van der Waals surface area contributed by atoms with Gasteiger partial charge in [-0.2, -0.15) is 0 Å². The summed E-state index contributed by atoms with van der Waals surface area (Å²) >= 11 is 0. The Morgan fingerprint density at radius 1 is 0.772 bits per heavy atom. The number of phenols is 1. The molecule has 1 fully saturated rings. The predicted octanol–water partition coefficient (Wildman–Crippen LogP) is 10.1. The zero-order valence-electron chi connectivity index (χ0n) is 34.2. The maximum absolute atomic E-state index is 12.9. The molecule has 2 aliphatic rings. The van der Waals surface area contributed by atoms with E-state index in [0.29, 0.717) is 24.0 Å². The first-order valence-corrected chi connectivity index (χ1v) is 20.3. The van der Waals surface area contributed by atoms with E-state index < -0.39 is 0 Å². The first-order valence-electron chi connectivity index (χ1n) is 20.3. The number of phenolic OH excluding ortho intramolecular Hbond substituents is 1. The number of nitrogens with zero attached hydrogens (tertiary/aromatic N) is 2. The first-order chi connectivity index (χ1) is 27.8. The minimum atomic E-state index is 0.109. The molecule has 1 aliphatic carbocycles. The van der Waals surface area contributed by atoms with Gasteiger partial charge in [-0.25, -0.2) is 0 Å². The van der Waals surface area contributed by atoms with Crippen LogP contribution in [0.25, 0.3) is 11.1 Å². The highest BCUT2D eigenvalue weighted by molar-refractivity contribution is 6.03. The van der Waals surface area contributed by atoms with E-state index in [1.54, 1.807) is 20.3 Å². The number of Topliss-reactive ketones (excluding diaryl/α,β-unsaturated/α-hetero) is 1. The van der Waals surface area contributed by atoms with Crippen molar-refractivity contribution in [3.63, 3.8) is 0 Å². The van der Waals surface area contributed by atoms with Gasteiger partial charge in [0.2, 0.25) is 0 Å². The van der Waals surface area contributed by atoms with E-state index in [9.17, 15) is 9.90 Å². The first kappa shape index (κ1) is 41.3. The number of fused-ring (bicyclic) bond motifs is 1. The molecule has 0 aromatic heterocycles. The number of rotatable bonds is 14. The Kier molecular flexibility index (Phi) is 14.6. The van der Waals surface area contributed by atoms with Gasteiger partial charge in [0.15, 0.2) is 17.3 Å². The van der Waals surface area contributed by atoms with Crippen molar-refractivity contribution in [2.75, 3.05) is 54.6 Å². The number of hydrogen-bond acceptors (Lipinski definition) is 7. The van der Waals surface area contributed by atoms with Gasteiger partial charge in [-0.1, -0.05) is 91.9 Å². The Morgan fingerprint density at radius 3 is 2.05 bits per heavy atom. The van der Waals surface area contributed by atoms with Gasteiger partial charge in [0, 0.05) is 24.6 Å². The lowest BCUT2D eigenvalue weighted by Gasteiger charge is -2.32. The summed E-state index contributed by atoms with van der Waals surface area (Å²) in [4.78, 5) is 17.6. The summed E-state index contributed by atoms with van der Waals surface area (Å²) in [6, 6.07) is 40.7. The number of ketones is 1. The summed E-state index contributed by atoms with van der Waals surface area (Å²) < 4.78 is 16.6. The van der Waals surface area contributed by atoms with E-state index in [1.165, 1.54) is 29.5 Å². The molecule has 0 radical (unpaired) electrons. The van der Waals surface area contributed by atoms with Crippen molar-refractivity contribution in [2.24, 2.45) is 11.8 Å². The van der Waals surface area contributed by atoms with Gasteiger partial charge >= 0.3 is 0 Å². The Labute approximate surface area is 339 Å². The molecule has 1 aliphatic heterocycles. The van der Waals surface area contributed by atoms with Crippen molar-refractivity contribution in [2.45, 2.75) is 45.6 Å². The third-order valence-electron chi connectivity index (χ3n) is 11.1. The van der Waals surface area contributed by atoms with E-state index >= 15 is 0 Å². The zero-order valence-corrected chi connectivity index (χ0v) is 34.2. The van der Waals surface area contributed by atoms with Gasteiger partial charge in [0.25, 0.3) is 0 Å². The highest BCUT2D eigenvalue weighted by atomic mass is 16.5. The van der Waals surface area contributed by atoms with Crippen molar-refractivity contribution >= 4 is 16.9 Å². The number of likely N-dealkylation sites (N-methyl/N-ethyl adjacent to an activating group) is 1. The lowest BCUT2D eigenvalue weighted by atomic mass is 9.85. The molecule has 298 valence electrons. The van der Waals surface area contributed by atoms with E-state index in [2.05, 4.69) is 89.5 Å². The van der Waals surface area contributed by atoms with Gasteiger partial charge < -0.3 is 24.2 Å². The molecule has 7 heteroatoms. The number of methoxy groups -OCH3 is 2. The molecular formula is C50H58N2O5. The van der Waals surface area contributed by atoms with Gasteiger partial charge in [-0.05, 0) is 141 Å². The number of ether oxygens (including phenoxy) is 3. The number of carbonyl (C=O) groups excluding carboxylic acids is 1. The Balaban J connectivity index is 0.000000193. The van der Waals surface area contributed by atoms with E-state index in [-0.39, 0.29) is 17.5 Å². The van der Waals surface area contributed by atoms with Crippen molar-refractivity contribution in [1.82, 2.24) is 9.80 Å². The molecule has 5 aromatic carbocycles. The van der Waals surface area contributed by atoms with Crippen LogP contribution in [0, 0.1) is 11.8 Å². The van der Waals surface area contributed by atoms with Crippen LogP contribution in [0.15, 0.2) is 121 Å². The van der Waals surface area contributed by atoms with E-state index in [1.807, 2.05) is 56.6 Å². The van der Waals surface area contributed by atoms with Crippen molar-refractivity contribution in [3.05, 3.63) is 155 Å². The fourth-order valence-corrected chi connectivity index (χ4v) is 8.12. The lowest BCUT2D eigenvalue weighted by Crippen LogP contribution is -2.34. The summed E-state index contributed by atoms with van der Waals surface area (Å²) in [5, 5.41) is 10.1. The molecule has 5 aromatic rings. The van der Waals surface area contributed by atoms with Crippen LogP contribution in [-0.4, -0.2) is 75.2 Å². The van der Waals surface area contributed by atoms with Crippen molar-refractivity contribution in [3.8, 4) is 23.0 Å². The average Bonchev–Trinajstić information content (AvgIpc) is 3.54. The maximum atomic E-state index is 12.9.